The van der Waals surface area contributed by atoms with Crippen molar-refractivity contribution < 1.29 is 5.11 Å². The van der Waals surface area contributed by atoms with Gasteiger partial charge in [0.15, 0.2) is 4.96 Å². The first-order valence-corrected chi connectivity index (χ1v) is 6.14. The molecule has 3 rings (SSSR count). The number of imidazole rings is 1. The van der Waals surface area contributed by atoms with E-state index in [4.69, 9.17) is 0 Å². The molecule has 0 aliphatic heterocycles. The number of hydrogen-bond donors (Lipinski definition) is 1. The van der Waals surface area contributed by atoms with E-state index in [0.29, 0.717) is 6.42 Å². The summed E-state index contributed by atoms with van der Waals surface area (Å²) in [7, 11) is 0. The molecule has 1 unspecified atom stereocenters. The highest BCUT2D eigenvalue weighted by atomic mass is 32.1. The number of aliphatic hydroxyl groups excluding tert-OH is 1. The highest BCUT2D eigenvalue weighted by molar-refractivity contribution is 7.15. The van der Waals surface area contributed by atoms with E-state index in [1.165, 1.54) is 0 Å². The molecule has 1 aliphatic carbocycles. The molecule has 0 bridgehead atoms. The Morgan fingerprint density at radius 2 is 2.47 bits per heavy atom. The van der Waals surface area contributed by atoms with Gasteiger partial charge in [0.2, 0.25) is 0 Å². The van der Waals surface area contributed by atoms with Crippen LogP contribution in [0.2, 0.25) is 0 Å². The van der Waals surface area contributed by atoms with Crippen LogP contribution in [-0.2, 0) is 6.42 Å². The van der Waals surface area contributed by atoms with Gasteiger partial charge in [0.25, 0.3) is 0 Å². The lowest BCUT2D eigenvalue weighted by Crippen LogP contribution is -2.21. The molecule has 3 nitrogen and oxygen atoms in total. The van der Waals surface area contributed by atoms with Gasteiger partial charge in [0.05, 0.1) is 11.8 Å². The molecule has 1 saturated carbocycles. The molecule has 2 aromatic heterocycles. The molecule has 1 N–H and O–H groups in total. The van der Waals surface area contributed by atoms with Crippen LogP contribution in [0.25, 0.3) is 4.96 Å². The molecule has 15 heavy (non-hydrogen) atoms. The molecule has 2 aromatic rings. The standard InChI is InChI=1S/C11H14N2OS/c1-11(2-3-11)9(14)6-8-7-13-4-5-15-10(13)12-8/h4-5,7,9,14H,2-3,6H2,1H3. The van der Waals surface area contributed by atoms with Gasteiger partial charge in [0, 0.05) is 24.2 Å². The maximum absolute atomic E-state index is 10.0. The van der Waals surface area contributed by atoms with E-state index in [9.17, 15) is 5.11 Å². The molecular formula is C11H14N2OS. The van der Waals surface area contributed by atoms with E-state index in [0.717, 1.165) is 23.5 Å². The van der Waals surface area contributed by atoms with Crippen molar-refractivity contribution in [2.75, 3.05) is 0 Å². The van der Waals surface area contributed by atoms with Gasteiger partial charge in [-0.1, -0.05) is 6.92 Å². The third kappa shape index (κ3) is 1.58. The zero-order valence-electron chi connectivity index (χ0n) is 8.68. The molecule has 0 spiro atoms. The lowest BCUT2D eigenvalue weighted by Gasteiger charge is -2.15. The number of fused-ring (bicyclic) bond motifs is 1. The second-order valence-corrected chi connectivity index (χ2v) is 5.57. The van der Waals surface area contributed by atoms with Crippen molar-refractivity contribution in [3.8, 4) is 0 Å². The predicted molar refractivity (Wildman–Crippen MR) is 60.1 cm³/mol. The van der Waals surface area contributed by atoms with Crippen molar-refractivity contribution in [2.24, 2.45) is 5.41 Å². The van der Waals surface area contributed by atoms with Crippen molar-refractivity contribution in [3.05, 3.63) is 23.5 Å². The minimum Gasteiger partial charge on any atom is -0.392 e. The first-order valence-electron chi connectivity index (χ1n) is 5.26. The van der Waals surface area contributed by atoms with Gasteiger partial charge in [-0.15, -0.1) is 11.3 Å². The Morgan fingerprint density at radius 3 is 3.13 bits per heavy atom. The van der Waals surface area contributed by atoms with Crippen LogP contribution >= 0.6 is 11.3 Å². The summed E-state index contributed by atoms with van der Waals surface area (Å²) in [5.74, 6) is 0. The van der Waals surface area contributed by atoms with E-state index >= 15 is 0 Å². The topological polar surface area (TPSA) is 37.5 Å². The second kappa shape index (κ2) is 3.06. The van der Waals surface area contributed by atoms with Gasteiger partial charge in [-0.05, 0) is 18.3 Å². The van der Waals surface area contributed by atoms with E-state index < -0.39 is 0 Å². The Kier molecular flexibility index (Phi) is 1.91. The summed E-state index contributed by atoms with van der Waals surface area (Å²) in [5.41, 5.74) is 1.17. The smallest absolute Gasteiger partial charge is 0.193 e. The van der Waals surface area contributed by atoms with Crippen molar-refractivity contribution in [1.82, 2.24) is 9.38 Å². The van der Waals surface area contributed by atoms with Crippen LogP contribution in [0.5, 0.6) is 0 Å². The van der Waals surface area contributed by atoms with Crippen LogP contribution in [0, 0.1) is 5.41 Å². The van der Waals surface area contributed by atoms with Crippen LogP contribution < -0.4 is 0 Å². The Morgan fingerprint density at radius 1 is 1.67 bits per heavy atom. The lowest BCUT2D eigenvalue weighted by molar-refractivity contribution is 0.102. The van der Waals surface area contributed by atoms with Crippen LogP contribution in [0.4, 0.5) is 0 Å². The average Bonchev–Trinajstić information content (AvgIpc) is 2.64. The minimum absolute atomic E-state index is 0.164. The third-order valence-corrected chi connectivity index (χ3v) is 4.16. The highest BCUT2D eigenvalue weighted by Gasteiger charge is 2.44. The monoisotopic (exact) mass is 222 g/mol. The first kappa shape index (κ1) is 9.36. The largest absolute Gasteiger partial charge is 0.392 e. The van der Waals surface area contributed by atoms with Crippen molar-refractivity contribution in [1.29, 1.82) is 0 Å². The zero-order chi connectivity index (χ0) is 10.5. The van der Waals surface area contributed by atoms with Crippen LogP contribution in [0.15, 0.2) is 17.8 Å². The third-order valence-electron chi connectivity index (χ3n) is 3.39. The van der Waals surface area contributed by atoms with Gasteiger partial charge >= 0.3 is 0 Å². The van der Waals surface area contributed by atoms with Crippen molar-refractivity contribution >= 4 is 16.3 Å². The summed E-state index contributed by atoms with van der Waals surface area (Å²) in [6.45, 7) is 2.15. The van der Waals surface area contributed by atoms with Crippen molar-refractivity contribution in [3.63, 3.8) is 0 Å². The summed E-state index contributed by atoms with van der Waals surface area (Å²) in [4.78, 5) is 5.49. The Bertz CT molecular complexity index is 455. The summed E-state index contributed by atoms with van der Waals surface area (Å²) in [6, 6.07) is 0. The molecule has 4 heteroatoms. The van der Waals surface area contributed by atoms with Crippen LogP contribution in [-0.4, -0.2) is 20.6 Å². The van der Waals surface area contributed by atoms with E-state index in [2.05, 4.69) is 11.9 Å². The van der Waals surface area contributed by atoms with Gasteiger partial charge in [0.1, 0.15) is 0 Å². The quantitative estimate of drug-likeness (QED) is 0.863. The summed E-state index contributed by atoms with van der Waals surface area (Å²) in [5, 5.41) is 12.0. The van der Waals surface area contributed by atoms with Crippen LogP contribution in [0.3, 0.4) is 0 Å². The molecule has 0 radical (unpaired) electrons. The minimum atomic E-state index is -0.234. The van der Waals surface area contributed by atoms with Gasteiger partial charge in [-0.3, -0.25) is 4.40 Å². The summed E-state index contributed by atoms with van der Waals surface area (Å²) < 4.78 is 2.02. The van der Waals surface area contributed by atoms with E-state index in [1.54, 1.807) is 11.3 Å². The lowest BCUT2D eigenvalue weighted by atomic mass is 9.98. The highest BCUT2D eigenvalue weighted by Crippen LogP contribution is 2.48. The fourth-order valence-electron chi connectivity index (χ4n) is 1.85. The molecule has 80 valence electrons. The number of aliphatic hydroxyl groups is 1. The molecular weight excluding hydrogens is 208 g/mol. The molecule has 0 aromatic carbocycles. The maximum atomic E-state index is 10.0. The molecule has 1 atom stereocenters. The summed E-state index contributed by atoms with van der Waals surface area (Å²) in [6.07, 6.45) is 6.77. The van der Waals surface area contributed by atoms with Crippen LogP contribution in [0.1, 0.15) is 25.5 Å². The number of nitrogens with zero attached hydrogens (tertiary/aromatic N) is 2. The number of thiazole rings is 1. The number of hydrogen-bond acceptors (Lipinski definition) is 3. The molecule has 0 saturated heterocycles. The maximum Gasteiger partial charge on any atom is 0.193 e. The van der Waals surface area contributed by atoms with Gasteiger partial charge in [-0.2, -0.15) is 0 Å². The molecule has 0 amide bonds. The fourth-order valence-corrected chi connectivity index (χ4v) is 2.57. The second-order valence-electron chi connectivity index (χ2n) is 4.70. The molecule has 1 aliphatic rings. The SMILES string of the molecule is CC1(C(O)Cc2cn3ccsc3n2)CC1. The van der Waals surface area contributed by atoms with Gasteiger partial charge in [-0.25, -0.2) is 4.98 Å². The van der Waals surface area contributed by atoms with Gasteiger partial charge < -0.3 is 5.11 Å². The molecule has 2 heterocycles. The van der Waals surface area contributed by atoms with E-state index in [-0.39, 0.29) is 11.5 Å². The zero-order valence-corrected chi connectivity index (χ0v) is 9.50. The Hall–Kier alpha value is -0.870. The number of aromatic nitrogens is 2. The predicted octanol–water partition coefficient (Wildman–Crippen LogP) is 2.10. The van der Waals surface area contributed by atoms with Crippen molar-refractivity contribution in [2.45, 2.75) is 32.3 Å². The molecule has 1 fully saturated rings. The normalized spacial score (nSPS) is 20.7. The average molecular weight is 222 g/mol. The Balaban J connectivity index is 1.80. The summed E-state index contributed by atoms with van der Waals surface area (Å²) >= 11 is 1.63. The number of rotatable bonds is 3. The fraction of sp³-hybridized carbons (Fsp3) is 0.545. The Labute approximate surface area is 92.4 Å². The first-order chi connectivity index (χ1) is 7.17. The van der Waals surface area contributed by atoms with E-state index in [1.807, 2.05) is 22.2 Å².